The Balaban J connectivity index is 1.17. The number of nitrogens with zero attached hydrogens (tertiary/aromatic N) is 4. The van der Waals surface area contributed by atoms with E-state index in [0.717, 1.165) is 45.1 Å². The van der Waals surface area contributed by atoms with Crippen LogP contribution in [-0.4, -0.2) is 21.2 Å². The first kappa shape index (κ1) is 35.0. The number of aromatic nitrogens is 3. The van der Waals surface area contributed by atoms with Gasteiger partial charge in [-0.15, -0.1) is 0 Å². The second-order valence-electron chi connectivity index (χ2n) is 15.8. The van der Waals surface area contributed by atoms with Gasteiger partial charge < -0.3 is 9.47 Å². The third-order valence-electron chi connectivity index (χ3n) is 12.2. The third kappa shape index (κ3) is 5.85. The van der Waals surface area contributed by atoms with E-state index < -0.39 is 0 Å². The molecular formula is C56H37BN4. The lowest BCUT2D eigenvalue weighted by Crippen LogP contribution is -2.56. The standard InChI is InChI=1S/C56H37BN4/c1-6-19-39(20-7-1)50-37-51(40-21-8-2-9-22-40)59-56(58-50)41-31-32-52-48(34-41)57(42-23-10-3-11-24-42)49-36-45(60(43-25-12-4-13-26-43)44-27-14-5-15-28-44)35-47-54-46-29-17-16-18-38(46)30-33-53(54)61(52)55(47)49/h1-37H. The summed E-state index contributed by atoms with van der Waals surface area (Å²) in [5.41, 5.74) is 15.5. The molecule has 0 aliphatic carbocycles. The van der Waals surface area contributed by atoms with Crippen LogP contribution >= 0.6 is 0 Å². The van der Waals surface area contributed by atoms with Crippen molar-refractivity contribution in [2.45, 2.75) is 0 Å². The molecule has 0 spiro atoms. The molecule has 3 heterocycles. The van der Waals surface area contributed by atoms with E-state index in [1.54, 1.807) is 0 Å². The lowest BCUT2D eigenvalue weighted by atomic mass is 9.35. The Morgan fingerprint density at radius 1 is 0.410 bits per heavy atom. The molecule has 0 amide bonds. The molecule has 2 aromatic heterocycles. The van der Waals surface area contributed by atoms with Gasteiger partial charge in [0.1, 0.15) is 0 Å². The van der Waals surface area contributed by atoms with E-state index in [0.29, 0.717) is 5.82 Å². The molecule has 0 bridgehead atoms. The molecule has 284 valence electrons. The van der Waals surface area contributed by atoms with Crippen molar-refractivity contribution in [3.05, 3.63) is 224 Å². The molecule has 1 aliphatic heterocycles. The zero-order chi connectivity index (χ0) is 40.3. The van der Waals surface area contributed by atoms with E-state index in [-0.39, 0.29) is 6.71 Å². The van der Waals surface area contributed by atoms with E-state index in [1.165, 1.54) is 54.7 Å². The Hall–Kier alpha value is -8.02. The Morgan fingerprint density at radius 2 is 0.984 bits per heavy atom. The van der Waals surface area contributed by atoms with Gasteiger partial charge >= 0.3 is 0 Å². The lowest BCUT2D eigenvalue weighted by Gasteiger charge is -2.30. The molecule has 0 N–H and O–H groups in total. The fourth-order valence-electron chi connectivity index (χ4n) is 9.52. The summed E-state index contributed by atoms with van der Waals surface area (Å²) < 4.78 is 2.51. The summed E-state index contributed by atoms with van der Waals surface area (Å²) in [6.45, 7) is -0.0824. The van der Waals surface area contributed by atoms with Crippen molar-refractivity contribution < 1.29 is 0 Å². The van der Waals surface area contributed by atoms with Crippen LogP contribution in [0.3, 0.4) is 0 Å². The fourth-order valence-corrected chi connectivity index (χ4v) is 9.52. The number of fused-ring (bicyclic) bond motifs is 7. The number of rotatable bonds is 7. The van der Waals surface area contributed by atoms with Crippen LogP contribution in [0.4, 0.5) is 17.1 Å². The normalized spacial score (nSPS) is 11.9. The van der Waals surface area contributed by atoms with Gasteiger partial charge in [0, 0.05) is 55.7 Å². The van der Waals surface area contributed by atoms with Gasteiger partial charge in [-0.25, -0.2) is 9.97 Å². The summed E-state index contributed by atoms with van der Waals surface area (Å²) in [5, 5.41) is 4.96. The zero-order valence-electron chi connectivity index (χ0n) is 33.2. The molecule has 0 radical (unpaired) electrons. The van der Waals surface area contributed by atoms with Crippen LogP contribution in [0.2, 0.25) is 0 Å². The molecule has 0 atom stereocenters. The van der Waals surface area contributed by atoms with Crippen LogP contribution in [0.15, 0.2) is 224 Å². The smallest absolute Gasteiger partial charge is 0.246 e. The molecule has 0 fully saturated rings. The monoisotopic (exact) mass is 776 g/mol. The molecule has 0 saturated carbocycles. The van der Waals surface area contributed by atoms with Crippen molar-refractivity contribution in [1.82, 2.24) is 14.5 Å². The van der Waals surface area contributed by atoms with E-state index in [2.05, 4.69) is 222 Å². The number of hydrogen-bond acceptors (Lipinski definition) is 3. The predicted molar refractivity (Wildman–Crippen MR) is 256 cm³/mol. The molecule has 0 unspecified atom stereocenters. The molecule has 11 aromatic rings. The summed E-state index contributed by atoms with van der Waals surface area (Å²) in [6.07, 6.45) is 0. The highest BCUT2D eigenvalue weighted by atomic mass is 15.1. The highest BCUT2D eigenvalue weighted by Gasteiger charge is 2.35. The number of hydrogen-bond donors (Lipinski definition) is 0. The van der Waals surface area contributed by atoms with Crippen LogP contribution in [0.5, 0.6) is 0 Å². The molecule has 12 rings (SSSR count). The highest BCUT2D eigenvalue weighted by molar-refractivity contribution is 6.98. The van der Waals surface area contributed by atoms with Gasteiger partial charge in [-0.3, -0.25) is 0 Å². The van der Waals surface area contributed by atoms with Crippen molar-refractivity contribution in [2.75, 3.05) is 4.90 Å². The van der Waals surface area contributed by atoms with Crippen LogP contribution in [-0.2, 0) is 0 Å². The van der Waals surface area contributed by atoms with Crippen molar-refractivity contribution in [1.29, 1.82) is 0 Å². The SMILES string of the molecule is c1ccc(B2c3cc(-c4nc(-c5ccccc5)cc(-c5ccccc5)n4)ccc3-n3c4ccc5ccccc5c4c4cc(N(c5ccccc5)c5ccccc5)cc2c43)cc1. The van der Waals surface area contributed by atoms with Crippen molar-refractivity contribution in [2.24, 2.45) is 0 Å². The number of para-hydroxylation sites is 2. The van der Waals surface area contributed by atoms with Gasteiger partial charge in [0.15, 0.2) is 5.82 Å². The molecule has 0 saturated heterocycles. The second kappa shape index (κ2) is 14.4. The molecule has 61 heavy (non-hydrogen) atoms. The minimum Gasteiger partial charge on any atom is -0.311 e. The quantitative estimate of drug-likeness (QED) is 0.151. The van der Waals surface area contributed by atoms with Crippen LogP contribution in [0.25, 0.3) is 72.2 Å². The minimum atomic E-state index is -0.0824. The summed E-state index contributed by atoms with van der Waals surface area (Å²) >= 11 is 0. The number of anilines is 3. The van der Waals surface area contributed by atoms with Crippen LogP contribution in [0, 0.1) is 0 Å². The molecular weight excluding hydrogens is 739 g/mol. The van der Waals surface area contributed by atoms with Gasteiger partial charge in [-0.05, 0) is 82.4 Å². The average molecular weight is 777 g/mol. The van der Waals surface area contributed by atoms with E-state index in [9.17, 15) is 0 Å². The predicted octanol–water partition coefficient (Wildman–Crippen LogP) is 12.0. The maximum Gasteiger partial charge on any atom is 0.246 e. The Kier molecular flexibility index (Phi) is 8.24. The van der Waals surface area contributed by atoms with E-state index >= 15 is 0 Å². The number of benzene rings is 9. The second-order valence-corrected chi connectivity index (χ2v) is 15.8. The summed E-state index contributed by atoms with van der Waals surface area (Å²) in [6, 6.07) is 80.5. The lowest BCUT2D eigenvalue weighted by molar-refractivity contribution is 1.17. The van der Waals surface area contributed by atoms with Crippen molar-refractivity contribution in [3.63, 3.8) is 0 Å². The van der Waals surface area contributed by atoms with Gasteiger partial charge in [-0.2, -0.15) is 0 Å². The van der Waals surface area contributed by atoms with Gasteiger partial charge in [0.05, 0.1) is 16.9 Å². The van der Waals surface area contributed by atoms with Crippen LogP contribution in [0.1, 0.15) is 0 Å². The molecule has 4 nitrogen and oxygen atoms in total. The summed E-state index contributed by atoms with van der Waals surface area (Å²) in [7, 11) is 0. The van der Waals surface area contributed by atoms with E-state index in [4.69, 9.17) is 9.97 Å². The third-order valence-corrected chi connectivity index (χ3v) is 12.2. The molecule has 9 aromatic carbocycles. The fraction of sp³-hybridized carbons (Fsp3) is 0. The average Bonchev–Trinajstić information content (AvgIpc) is 3.68. The first-order valence-electron chi connectivity index (χ1n) is 20.9. The Labute approximate surface area is 354 Å². The Bertz CT molecular complexity index is 3310. The highest BCUT2D eigenvalue weighted by Crippen LogP contribution is 2.42. The first-order chi connectivity index (χ1) is 30.3. The Morgan fingerprint density at radius 3 is 1.62 bits per heavy atom. The maximum atomic E-state index is 5.28. The van der Waals surface area contributed by atoms with Gasteiger partial charge in [0.25, 0.3) is 0 Å². The van der Waals surface area contributed by atoms with Gasteiger partial charge in [0.2, 0.25) is 6.71 Å². The minimum absolute atomic E-state index is 0.0824. The summed E-state index contributed by atoms with van der Waals surface area (Å²) in [5.74, 6) is 0.696. The van der Waals surface area contributed by atoms with Crippen molar-refractivity contribution >= 4 is 72.7 Å². The van der Waals surface area contributed by atoms with Crippen molar-refractivity contribution in [3.8, 4) is 39.6 Å². The molecule has 5 heteroatoms. The van der Waals surface area contributed by atoms with Crippen LogP contribution < -0.4 is 21.3 Å². The topological polar surface area (TPSA) is 34.0 Å². The zero-order valence-corrected chi connectivity index (χ0v) is 33.2. The molecule has 1 aliphatic rings. The summed E-state index contributed by atoms with van der Waals surface area (Å²) in [4.78, 5) is 13.0. The van der Waals surface area contributed by atoms with Gasteiger partial charge in [-0.1, -0.05) is 169 Å². The maximum absolute atomic E-state index is 5.28. The van der Waals surface area contributed by atoms with E-state index in [1.807, 2.05) is 12.1 Å². The largest absolute Gasteiger partial charge is 0.311 e. The first-order valence-corrected chi connectivity index (χ1v) is 20.9.